The molecule has 1 aliphatic carbocycles. The van der Waals surface area contributed by atoms with Crippen LogP contribution in [0.3, 0.4) is 0 Å². The second-order valence-electron chi connectivity index (χ2n) is 6.39. The minimum atomic E-state index is 0.0901. The van der Waals surface area contributed by atoms with E-state index < -0.39 is 0 Å². The van der Waals surface area contributed by atoms with Gasteiger partial charge in [0.05, 0.1) is 5.92 Å². The van der Waals surface area contributed by atoms with Crippen molar-refractivity contribution in [2.24, 2.45) is 5.92 Å². The molecule has 1 saturated carbocycles. The first-order chi connectivity index (χ1) is 9.77. The molecule has 0 N–H and O–H groups in total. The van der Waals surface area contributed by atoms with Crippen molar-refractivity contribution in [3.8, 4) is 0 Å². The summed E-state index contributed by atoms with van der Waals surface area (Å²) in [6, 6.07) is 0. The molecule has 0 aromatic rings. The Morgan fingerprint density at radius 2 is 1.60 bits per heavy atom. The van der Waals surface area contributed by atoms with Gasteiger partial charge in [0.1, 0.15) is 6.10 Å². The van der Waals surface area contributed by atoms with Gasteiger partial charge in [0.25, 0.3) is 0 Å². The van der Waals surface area contributed by atoms with Gasteiger partial charge in [-0.3, -0.25) is 4.79 Å². The predicted molar refractivity (Wildman–Crippen MR) is 84.7 cm³/mol. The summed E-state index contributed by atoms with van der Waals surface area (Å²) in [4.78, 5) is 12.2. The maximum atomic E-state index is 12.2. The van der Waals surface area contributed by atoms with E-state index in [0.717, 1.165) is 32.1 Å². The minimum absolute atomic E-state index is 0.0901. The van der Waals surface area contributed by atoms with Crippen molar-refractivity contribution in [3.05, 3.63) is 0 Å². The van der Waals surface area contributed by atoms with Crippen LogP contribution in [0.2, 0.25) is 0 Å². The van der Waals surface area contributed by atoms with Crippen molar-refractivity contribution in [3.63, 3.8) is 0 Å². The second-order valence-corrected chi connectivity index (χ2v) is 6.39. The minimum Gasteiger partial charge on any atom is -0.462 e. The number of hydrogen-bond acceptors (Lipinski definition) is 2. The Bertz CT molecular complexity index is 244. The molecule has 20 heavy (non-hydrogen) atoms. The number of hydrogen-bond donors (Lipinski definition) is 0. The molecule has 1 atom stereocenters. The Balaban J connectivity index is 2.18. The standard InChI is InChI=1S/C18H34O2/c1-3-5-6-7-8-9-13-16(12-4-2)18(19)20-17-14-10-11-15-17/h16-17H,3-15H2,1-2H3. The summed E-state index contributed by atoms with van der Waals surface area (Å²) in [5.74, 6) is 0.249. The predicted octanol–water partition coefficient (Wildman–Crippen LogP) is 5.64. The third-order valence-electron chi connectivity index (χ3n) is 4.46. The first-order valence-electron chi connectivity index (χ1n) is 8.98. The first kappa shape index (κ1) is 17.5. The molecule has 0 spiro atoms. The van der Waals surface area contributed by atoms with Gasteiger partial charge in [0, 0.05) is 0 Å². The summed E-state index contributed by atoms with van der Waals surface area (Å²) in [5.41, 5.74) is 0. The van der Waals surface area contributed by atoms with E-state index in [4.69, 9.17) is 4.74 Å². The van der Waals surface area contributed by atoms with Crippen LogP contribution in [-0.2, 0) is 9.53 Å². The average Bonchev–Trinajstić information content (AvgIpc) is 2.94. The molecule has 0 aromatic carbocycles. The number of esters is 1. The van der Waals surface area contributed by atoms with Gasteiger partial charge in [-0.25, -0.2) is 0 Å². The van der Waals surface area contributed by atoms with Crippen LogP contribution in [0.5, 0.6) is 0 Å². The molecular formula is C18H34O2. The molecule has 0 amide bonds. The van der Waals surface area contributed by atoms with Crippen molar-refractivity contribution < 1.29 is 9.53 Å². The summed E-state index contributed by atoms with van der Waals surface area (Å²) >= 11 is 0. The van der Waals surface area contributed by atoms with Crippen LogP contribution in [0.15, 0.2) is 0 Å². The van der Waals surface area contributed by atoms with E-state index >= 15 is 0 Å². The molecule has 1 rings (SSSR count). The molecule has 1 aliphatic rings. The third-order valence-corrected chi connectivity index (χ3v) is 4.46. The topological polar surface area (TPSA) is 26.3 Å². The maximum absolute atomic E-state index is 12.2. The van der Waals surface area contributed by atoms with E-state index in [2.05, 4.69) is 13.8 Å². The monoisotopic (exact) mass is 282 g/mol. The van der Waals surface area contributed by atoms with Crippen molar-refractivity contribution >= 4 is 5.97 Å². The van der Waals surface area contributed by atoms with Crippen molar-refractivity contribution in [2.45, 2.75) is 103 Å². The van der Waals surface area contributed by atoms with Crippen molar-refractivity contribution in [1.29, 1.82) is 0 Å². The average molecular weight is 282 g/mol. The second kappa shape index (κ2) is 11.2. The molecule has 2 heteroatoms. The van der Waals surface area contributed by atoms with Crippen LogP contribution in [-0.4, -0.2) is 12.1 Å². The summed E-state index contributed by atoms with van der Waals surface area (Å²) in [7, 11) is 0. The quantitative estimate of drug-likeness (QED) is 0.362. The lowest BCUT2D eigenvalue weighted by Crippen LogP contribution is -2.22. The SMILES string of the molecule is CCCCCCCCC(CCC)C(=O)OC1CCCC1. The zero-order valence-corrected chi connectivity index (χ0v) is 13.7. The van der Waals surface area contributed by atoms with Crippen molar-refractivity contribution in [2.75, 3.05) is 0 Å². The number of ether oxygens (including phenoxy) is 1. The fourth-order valence-electron chi connectivity index (χ4n) is 3.17. The van der Waals surface area contributed by atoms with Gasteiger partial charge in [0.15, 0.2) is 0 Å². The van der Waals surface area contributed by atoms with Gasteiger partial charge in [-0.2, -0.15) is 0 Å². The summed E-state index contributed by atoms with van der Waals surface area (Å²) < 4.78 is 5.68. The molecule has 0 aliphatic heterocycles. The zero-order valence-electron chi connectivity index (χ0n) is 13.7. The van der Waals surface area contributed by atoms with Crippen LogP contribution >= 0.6 is 0 Å². The van der Waals surface area contributed by atoms with Gasteiger partial charge in [-0.15, -0.1) is 0 Å². The molecule has 0 bridgehead atoms. The Labute approximate surface area is 125 Å². The van der Waals surface area contributed by atoms with Crippen LogP contribution in [0, 0.1) is 5.92 Å². The zero-order chi connectivity index (χ0) is 14.6. The first-order valence-corrected chi connectivity index (χ1v) is 8.98. The van der Waals surface area contributed by atoms with Crippen LogP contribution in [0.4, 0.5) is 0 Å². The maximum Gasteiger partial charge on any atom is 0.309 e. The third kappa shape index (κ3) is 7.31. The molecule has 2 nitrogen and oxygen atoms in total. The van der Waals surface area contributed by atoms with Crippen molar-refractivity contribution in [1.82, 2.24) is 0 Å². The van der Waals surface area contributed by atoms with E-state index in [1.807, 2.05) is 0 Å². The molecule has 0 saturated heterocycles. The van der Waals surface area contributed by atoms with E-state index in [1.165, 1.54) is 51.4 Å². The summed E-state index contributed by atoms with van der Waals surface area (Å²) in [6.07, 6.45) is 15.8. The lowest BCUT2D eigenvalue weighted by molar-refractivity contribution is -0.154. The molecular weight excluding hydrogens is 248 g/mol. The Hall–Kier alpha value is -0.530. The Kier molecular flexibility index (Phi) is 9.78. The Morgan fingerprint density at radius 1 is 0.950 bits per heavy atom. The van der Waals surface area contributed by atoms with Gasteiger partial charge in [-0.05, 0) is 38.5 Å². The lowest BCUT2D eigenvalue weighted by atomic mass is 9.96. The largest absolute Gasteiger partial charge is 0.462 e. The Morgan fingerprint density at radius 3 is 2.25 bits per heavy atom. The molecule has 1 fully saturated rings. The van der Waals surface area contributed by atoms with Crippen LogP contribution < -0.4 is 0 Å². The molecule has 0 aromatic heterocycles. The van der Waals surface area contributed by atoms with Gasteiger partial charge in [0.2, 0.25) is 0 Å². The highest BCUT2D eigenvalue weighted by Crippen LogP contribution is 2.24. The number of unbranched alkanes of at least 4 members (excludes halogenated alkanes) is 5. The lowest BCUT2D eigenvalue weighted by Gasteiger charge is -2.18. The van der Waals surface area contributed by atoms with E-state index in [0.29, 0.717) is 0 Å². The van der Waals surface area contributed by atoms with E-state index in [-0.39, 0.29) is 18.0 Å². The molecule has 118 valence electrons. The summed E-state index contributed by atoms with van der Waals surface area (Å²) in [5, 5.41) is 0. The van der Waals surface area contributed by atoms with E-state index in [9.17, 15) is 4.79 Å². The number of rotatable bonds is 11. The highest BCUT2D eigenvalue weighted by molar-refractivity contribution is 5.72. The van der Waals surface area contributed by atoms with Gasteiger partial charge >= 0.3 is 5.97 Å². The fourth-order valence-corrected chi connectivity index (χ4v) is 3.17. The molecule has 0 radical (unpaired) electrons. The van der Waals surface area contributed by atoms with E-state index in [1.54, 1.807) is 0 Å². The molecule has 1 unspecified atom stereocenters. The van der Waals surface area contributed by atoms with Crippen LogP contribution in [0.25, 0.3) is 0 Å². The van der Waals surface area contributed by atoms with Gasteiger partial charge in [-0.1, -0.05) is 58.8 Å². The van der Waals surface area contributed by atoms with Gasteiger partial charge < -0.3 is 4.74 Å². The number of carbonyl (C=O) groups excluding carboxylic acids is 1. The normalized spacial score (nSPS) is 17.3. The highest BCUT2D eigenvalue weighted by Gasteiger charge is 2.24. The highest BCUT2D eigenvalue weighted by atomic mass is 16.5. The molecule has 0 heterocycles. The number of carbonyl (C=O) groups is 1. The van der Waals surface area contributed by atoms with Crippen LogP contribution in [0.1, 0.15) is 97.3 Å². The summed E-state index contributed by atoms with van der Waals surface area (Å²) in [6.45, 7) is 4.41. The smallest absolute Gasteiger partial charge is 0.309 e. The fraction of sp³-hybridized carbons (Fsp3) is 0.944.